The molecule has 7 nitrogen and oxygen atoms in total. The second-order valence-corrected chi connectivity index (χ2v) is 5.80. The van der Waals surface area contributed by atoms with E-state index in [1.165, 1.54) is 32.1 Å². The first kappa shape index (κ1) is 13.8. The van der Waals surface area contributed by atoms with Crippen LogP contribution in [0.5, 0.6) is 0 Å². The zero-order valence-corrected chi connectivity index (χ0v) is 11.8. The smallest absolute Gasteiger partial charge is 0.356 e. The monoisotopic (exact) mass is 291 g/mol. The van der Waals surface area contributed by atoms with Gasteiger partial charge in [0.05, 0.1) is 12.0 Å². The average molecular weight is 291 g/mol. The van der Waals surface area contributed by atoms with Crippen molar-refractivity contribution in [1.29, 1.82) is 0 Å². The summed E-state index contributed by atoms with van der Waals surface area (Å²) in [5.74, 6) is 0.291. The van der Waals surface area contributed by atoms with Gasteiger partial charge in [0.15, 0.2) is 5.69 Å². The van der Waals surface area contributed by atoms with Crippen molar-refractivity contribution >= 4 is 17.5 Å². The van der Waals surface area contributed by atoms with E-state index < -0.39 is 10.9 Å². The van der Waals surface area contributed by atoms with Crippen molar-refractivity contribution in [2.45, 2.75) is 25.7 Å². The molecule has 0 spiro atoms. The summed E-state index contributed by atoms with van der Waals surface area (Å²) >= 11 is 0. The van der Waals surface area contributed by atoms with Crippen LogP contribution in [0, 0.1) is 21.4 Å². The Balaban J connectivity index is 1.80. The summed E-state index contributed by atoms with van der Waals surface area (Å²) in [5, 5.41) is 14.1. The molecule has 0 radical (unpaired) electrons. The van der Waals surface area contributed by atoms with Crippen molar-refractivity contribution in [1.82, 2.24) is 4.98 Å². The number of anilines is 1. The van der Waals surface area contributed by atoms with Crippen molar-refractivity contribution in [3.05, 3.63) is 27.9 Å². The van der Waals surface area contributed by atoms with Gasteiger partial charge in [-0.05, 0) is 43.1 Å². The van der Waals surface area contributed by atoms with Crippen LogP contribution in [0.25, 0.3) is 0 Å². The van der Waals surface area contributed by atoms with Crippen LogP contribution < -0.4 is 5.32 Å². The molecular weight excluding hydrogens is 274 g/mol. The highest BCUT2D eigenvalue weighted by Crippen LogP contribution is 2.61. The largest absolute Gasteiger partial charge is 0.464 e. The zero-order valence-electron chi connectivity index (χ0n) is 11.8. The maximum Gasteiger partial charge on any atom is 0.356 e. The molecule has 7 heteroatoms. The van der Waals surface area contributed by atoms with Gasteiger partial charge in [0, 0.05) is 12.6 Å². The van der Waals surface area contributed by atoms with E-state index in [1.807, 2.05) is 0 Å². The van der Waals surface area contributed by atoms with Crippen molar-refractivity contribution in [2.75, 3.05) is 19.0 Å². The standard InChI is InChI=1S/C14H17N3O4/c1-21-13(18)10-4-5-11(17(19)20)12(16-10)15-8-14(6-7-14)9-2-3-9/h4-5,9H,2-3,6-8H2,1H3,(H,15,16). The number of rotatable bonds is 6. The van der Waals surface area contributed by atoms with Crippen LogP contribution in [-0.4, -0.2) is 29.5 Å². The van der Waals surface area contributed by atoms with E-state index in [4.69, 9.17) is 0 Å². The van der Waals surface area contributed by atoms with Gasteiger partial charge in [-0.25, -0.2) is 9.78 Å². The lowest BCUT2D eigenvalue weighted by molar-refractivity contribution is -0.384. The molecule has 1 heterocycles. The van der Waals surface area contributed by atoms with E-state index in [0.717, 1.165) is 18.8 Å². The van der Waals surface area contributed by atoms with E-state index in [9.17, 15) is 14.9 Å². The minimum atomic E-state index is -0.601. The number of hydrogen-bond acceptors (Lipinski definition) is 6. The number of carbonyl (C=O) groups is 1. The third-order valence-electron chi connectivity index (χ3n) is 4.41. The number of nitrogens with zero attached hydrogens (tertiary/aromatic N) is 2. The molecule has 1 N–H and O–H groups in total. The molecule has 112 valence electrons. The number of pyridine rings is 1. The predicted octanol–water partition coefficient (Wildman–Crippen LogP) is 2.38. The number of aromatic nitrogens is 1. The molecule has 2 fully saturated rings. The van der Waals surface area contributed by atoms with E-state index in [1.54, 1.807) is 0 Å². The number of carbonyl (C=O) groups excluding carboxylic acids is 1. The molecule has 21 heavy (non-hydrogen) atoms. The molecule has 0 aromatic carbocycles. The van der Waals surface area contributed by atoms with Crippen LogP contribution in [0.3, 0.4) is 0 Å². The summed E-state index contributed by atoms with van der Waals surface area (Å²) in [7, 11) is 1.25. The fourth-order valence-electron chi connectivity index (χ4n) is 2.79. The van der Waals surface area contributed by atoms with Crippen LogP contribution in [0.2, 0.25) is 0 Å². The highest BCUT2D eigenvalue weighted by molar-refractivity contribution is 5.88. The van der Waals surface area contributed by atoms with Crippen LogP contribution in [-0.2, 0) is 4.74 Å². The minimum Gasteiger partial charge on any atom is -0.464 e. The van der Waals surface area contributed by atoms with Gasteiger partial charge in [0.2, 0.25) is 5.82 Å². The lowest BCUT2D eigenvalue weighted by Gasteiger charge is -2.15. The molecule has 0 atom stereocenters. The fourth-order valence-corrected chi connectivity index (χ4v) is 2.79. The van der Waals surface area contributed by atoms with Gasteiger partial charge in [-0.1, -0.05) is 0 Å². The van der Waals surface area contributed by atoms with Crippen molar-refractivity contribution in [3.63, 3.8) is 0 Å². The lowest BCUT2D eigenvalue weighted by atomic mass is 10.0. The number of nitro groups is 1. The van der Waals surface area contributed by atoms with E-state index in [-0.39, 0.29) is 22.6 Å². The highest BCUT2D eigenvalue weighted by Gasteiger charge is 2.53. The molecule has 2 aliphatic rings. The molecule has 2 aliphatic carbocycles. The molecule has 2 saturated carbocycles. The van der Waals surface area contributed by atoms with Crippen LogP contribution in [0.1, 0.15) is 36.2 Å². The lowest BCUT2D eigenvalue weighted by Crippen LogP contribution is -2.19. The van der Waals surface area contributed by atoms with Crippen LogP contribution in [0.4, 0.5) is 11.5 Å². The van der Waals surface area contributed by atoms with Gasteiger partial charge in [-0.3, -0.25) is 10.1 Å². The molecule has 0 saturated heterocycles. The number of ether oxygens (including phenoxy) is 1. The third kappa shape index (κ3) is 2.68. The van der Waals surface area contributed by atoms with Gasteiger partial charge in [-0.15, -0.1) is 0 Å². The summed E-state index contributed by atoms with van der Waals surface area (Å²) < 4.78 is 4.60. The molecular formula is C14H17N3O4. The first-order valence-corrected chi connectivity index (χ1v) is 7.03. The Bertz CT molecular complexity index is 594. The van der Waals surface area contributed by atoms with Crippen LogP contribution >= 0.6 is 0 Å². The Morgan fingerprint density at radius 2 is 2.24 bits per heavy atom. The summed E-state index contributed by atoms with van der Waals surface area (Å²) in [4.78, 5) is 26.1. The van der Waals surface area contributed by atoms with Crippen molar-refractivity contribution in [3.8, 4) is 0 Å². The number of hydrogen-bond donors (Lipinski definition) is 1. The third-order valence-corrected chi connectivity index (χ3v) is 4.41. The molecule has 1 aromatic rings. The molecule has 3 rings (SSSR count). The van der Waals surface area contributed by atoms with E-state index >= 15 is 0 Å². The zero-order chi connectivity index (χ0) is 15.0. The fraction of sp³-hybridized carbons (Fsp3) is 0.571. The summed E-state index contributed by atoms with van der Waals surface area (Å²) in [6.45, 7) is 0.677. The molecule has 0 unspecified atom stereocenters. The quantitative estimate of drug-likeness (QED) is 0.491. The highest BCUT2D eigenvalue weighted by atomic mass is 16.6. The Morgan fingerprint density at radius 3 is 2.76 bits per heavy atom. The number of methoxy groups -OCH3 is 1. The Kier molecular flexibility index (Phi) is 3.27. The van der Waals surface area contributed by atoms with Gasteiger partial charge < -0.3 is 10.1 Å². The minimum absolute atomic E-state index is 0.0712. The predicted molar refractivity (Wildman–Crippen MR) is 75.1 cm³/mol. The Labute approximate surface area is 121 Å². The summed E-state index contributed by atoms with van der Waals surface area (Å²) in [6, 6.07) is 2.60. The van der Waals surface area contributed by atoms with Crippen molar-refractivity contribution in [2.24, 2.45) is 11.3 Å². The van der Waals surface area contributed by atoms with Gasteiger partial charge in [0.1, 0.15) is 0 Å². The topological polar surface area (TPSA) is 94.4 Å². The average Bonchev–Trinajstić information content (AvgIpc) is 3.36. The van der Waals surface area contributed by atoms with E-state index in [0.29, 0.717) is 6.54 Å². The first-order chi connectivity index (χ1) is 10.1. The first-order valence-electron chi connectivity index (χ1n) is 7.03. The second-order valence-electron chi connectivity index (χ2n) is 5.80. The SMILES string of the molecule is COC(=O)c1ccc([N+](=O)[O-])c(NCC2(C3CC3)CC2)n1. The summed E-state index contributed by atoms with van der Waals surface area (Å²) in [6.07, 6.45) is 4.82. The Hall–Kier alpha value is -2.18. The maximum atomic E-state index is 11.5. The molecule has 0 aliphatic heterocycles. The molecule has 1 aromatic heterocycles. The normalized spacial score (nSPS) is 18.9. The van der Waals surface area contributed by atoms with Gasteiger partial charge >= 0.3 is 11.7 Å². The molecule has 0 amide bonds. The van der Waals surface area contributed by atoms with Crippen LogP contribution in [0.15, 0.2) is 12.1 Å². The Morgan fingerprint density at radius 1 is 1.52 bits per heavy atom. The molecule has 0 bridgehead atoms. The maximum absolute atomic E-state index is 11.5. The van der Waals surface area contributed by atoms with Crippen molar-refractivity contribution < 1.29 is 14.5 Å². The number of esters is 1. The van der Waals surface area contributed by atoms with E-state index in [2.05, 4.69) is 15.0 Å². The van der Waals surface area contributed by atoms with Gasteiger partial charge in [-0.2, -0.15) is 0 Å². The second kappa shape index (κ2) is 4.98. The summed E-state index contributed by atoms with van der Waals surface area (Å²) in [5.41, 5.74) is 0.243. The number of nitrogens with one attached hydrogen (secondary N) is 1. The van der Waals surface area contributed by atoms with Gasteiger partial charge in [0.25, 0.3) is 0 Å².